The van der Waals surface area contributed by atoms with E-state index in [1.54, 1.807) is 0 Å². The molecular formula is C16H24N4O2. The summed E-state index contributed by atoms with van der Waals surface area (Å²) in [7, 11) is 0. The average molecular weight is 304 g/mol. The van der Waals surface area contributed by atoms with Crippen LogP contribution in [-0.2, 0) is 16.0 Å². The van der Waals surface area contributed by atoms with E-state index in [9.17, 15) is 9.59 Å². The second-order valence-electron chi connectivity index (χ2n) is 5.82. The number of primary amides is 2. The zero-order valence-electron chi connectivity index (χ0n) is 13.0. The van der Waals surface area contributed by atoms with E-state index in [1.165, 1.54) is 11.3 Å². The Kier molecular flexibility index (Phi) is 5.38. The summed E-state index contributed by atoms with van der Waals surface area (Å²) >= 11 is 0. The number of rotatable bonds is 6. The van der Waals surface area contributed by atoms with Gasteiger partial charge in [-0.1, -0.05) is 12.1 Å². The van der Waals surface area contributed by atoms with Gasteiger partial charge in [0.15, 0.2) is 0 Å². The molecule has 1 heterocycles. The Morgan fingerprint density at radius 3 is 2.32 bits per heavy atom. The molecule has 0 bridgehead atoms. The van der Waals surface area contributed by atoms with Gasteiger partial charge >= 0.3 is 0 Å². The van der Waals surface area contributed by atoms with Crippen LogP contribution in [0.5, 0.6) is 0 Å². The molecule has 0 radical (unpaired) electrons. The standard InChI is InChI=1S/C16H24N4O2/c1-12-10-13(3-5-15(17)21)2-4-14(12)20-8-6-19(7-9-20)11-16(18)22/h2,4,10H,3,5-9,11H2,1H3,(H2,17,21)(H2,18,22). The largest absolute Gasteiger partial charge is 0.370 e. The fourth-order valence-electron chi connectivity index (χ4n) is 2.86. The predicted molar refractivity (Wildman–Crippen MR) is 86.5 cm³/mol. The minimum Gasteiger partial charge on any atom is -0.370 e. The number of carbonyl (C=O) groups excluding carboxylic acids is 2. The van der Waals surface area contributed by atoms with E-state index >= 15 is 0 Å². The first-order valence-corrected chi connectivity index (χ1v) is 7.59. The summed E-state index contributed by atoms with van der Waals surface area (Å²) in [4.78, 5) is 26.2. The fourth-order valence-corrected chi connectivity index (χ4v) is 2.86. The van der Waals surface area contributed by atoms with Crippen molar-refractivity contribution in [3.8, 4) is 0 Å². The van der Waals surface area contributed by atoms with Crippen LogP contribution in [0.2, 0.25) is 0 Å². The molecule has 1 aromatic carbocycles. The SMILES string of the molecule is Cc1cc(CCC(N)=O)ccc1N1CCN(CC(N)=O)CC1. The quantitative estimate of drug-likeness (QED) is 0.775. The summed E-state index contributed by atoms with van der Waals surface area (Å²) in [6.07, 6.45) is 1.06. The Balaban J connectivity index is 1.96. The Bertz CT molecular complexity index is 551. The van der Waals surface area contributed by atoms with Crippen molar-refractivity contribution in [3.63, 3.8) is 0 Å². The van der Waals surface area contributed by atoms with Gasteiger partial charge in [-0.25, -0.2) is 0 Å². The van der Waals surface area contributed by atoms with Crippen LogP contribution < -0.4 is 16.4 Å². The first kappa shape index (κ1) is 16.3. The summed E-state index contributed by atoms with van der Waals surface area (Å²) in [5.41, 5.74) is 14.0. The molecule has 0 unspecified atom stereocenters. The molecule has 0 aromatic heterocycles. The van der Waals surface area contributed by atoms with Crippen molar-refractivity contribution >= 4 is 17.5 Å². The van der Waals surface area contributed by atoms with Gasteiger partial charge in [-0.3, -0.25) is 14.5 Å². The van der Waals surface area contributed by atoms with Crippen LogP contribution in [0, 0.1) is 6.92 Å². The maximum Gasteiger partial charge on any atom is 0.231 e. The normalized spacial score (nSPS) is 15.8. The molecule has 0 saturated carbocycles. The molecule has 2 rings (SSSR count). The van der Waals surface area contributed by atoms with E-state index < -0.39 is 0 Å². The first-order valence-electron chi connectivity index (χ1n) is 7.59. The lowest BCUT2D eigenvalue weighted by molar-refractivity contribution is -0.119. The van der Waals surface area contributed by atoms with Gasteiger partial charge in [-0.15, -0.1) is 0 Å². The van der Waals surface area contributed by atoms with Gasteiger partial charge in [-0.05, 0) is 30.5 Å². The van der Waals surface area contributed by atoms with Gasteiger partial charge in [0.25, 0.3) is 0 Å². The highest BCUT2D eigenvalue weighted by Gasteiger charge is 2.19. The second kappa shape index (κ2) is 7.26. The van der Waals surface area contributed by atoms with Crippen molar-refractivity contribution in [1.82, 2.24) is 4.90 Å². The van der Waals surface area contributed by atoms with Crippen LogP contribution >= 0.6 is 0 Å². The smallest absolute Gasteiger partial charge is 0.231 e. The lowest BCUT2D eigenvalue weighted by atomic mass is 10.0. The van der Waals surface area contributed by atoms with Gasteiger partial charge in [0.1, 0.15) is 0 Å². The third kappa shape index (κ3) is 4.46. The molecule has 1 saturated heterocycles. The molecule has 1 aromatic rings. The van der Waals surface area contributed by atoms with Crippen LogP contribution in [0.25, 0.3) is 0 Å². The molecule has 6 heteroatoms. The summed E-state index contributed by atoms with van der Waals surface area (Å²) < 4.78 is 0. The average Bonchev–Trinajstić information content (AvgIpc) is 2.46. The summed E-state index contributed by atoms with van der Waals surface area (Å²) in [5, 5.41) is 0. The molecule has 0 atom stereocenters. The Hall–Kier alpha value is -2.08. The number of benzene rings is 1. The van der Waals surface area contributed by atoms with E-state index in [-0.39, 0.29) is 11.8 Å². The summed E-state index contributed by atoms with van der Waals surface area (Å²) in [6.45, 7) is 5.86. The van der Waals surface area contributed by atoms with Crippen LogP contribution in [0.1, 0.15) is 17.5 Å². The van der Waals surface area contributed by atoms with E-state index in [2.05, 4.69) is 34.9 Å². The van der Waals surface area contributed by atoms with Crippen molar-refractivity contribution in [3.05, 3.63) is 29.3 Å². The highest BCUT2D eigenvalue weighted by molar-refractivity contribution is 5.76. The lowest BCUT2D eigenvalue weighted by Gasteiger charge is -2.36. The van der Waals surface area contributed by atoms with Crippen LogP contribution in [0.4, 0.5) is 5.69 Å². The first-order chi connectivity index (χ1) is 10.5. The van der Waals surface area contributed by atoms with Gasteiger partial charge < -0.3 is 16.4 Å². The maximum atomic E-state index is 11.0. The predicted octanol–water partition coefficient (Wildman–Crippen LogP) is 0.0202. The fraction of sp³-hybridized carbons (Fsp3) is 0.500. The van der Waals surface area contributed by atoms with Crippen molar-refractivity contribution in [2.24, 2.45) is 11.5 Å². The molecule has 0 spiro atoms. The second-order valence-corrected chi connectivity index (χ2v) is 5.82. The molecule has 4 N–H and O–H groups in total. The number of anilines is 1. The number of hydrogen-bond acceptors (Lipinski definition) is 4. The summed E-state index contributed by atoms with van der Waals surface area (Å²) in [6, 6.07) is 6.28. The summed E-state index contributed by atoms with van der Waals surface area (Å²) in [5.74, 6) is -0.546. The molecule has 1 aliphatic rings. The number of hydrogen-bond donors (Lipinski definition) is 2. The Morgan fingerprint density at radius 2 is 1.77 bits per heavy atom. The van der Waals surface area contributed by atoms with Gasteiger partial charge in [0.2, 0.25) is 11.8 Å². The van der Waals surface area contributed by atoms with Crippen molar-refractivity contribution in [1.29, 1.82) is 0 Å². The monoisotopic (exact) mass is 304 g/mol. The number of nitrogens with zero attached hydrogens (tertiary/aromatic N) is 2. The van der Waals surface area contributed by atoms with Crippen LogP contribution in [0.15, 0.2) is 18.2 Å². The molecule has 1 aliphatic heterocycles. The highest BCUT2D eigenvalue weighted by Crippen LogP contribution is 2.23. The maximum absolute atomic E-state index is 11.0. The Morgan fingerprint density at radius 1 is 1.09 bits per heavy atom. The minimum absolute atomic E-state index is 0.271. The van der Waals surface area contributed by atoms with Gasteiger partial charge in [0.05, 0.1) is 6.54 Å². The van der Waals surface area contributed by atoms with E-state index in [1.807, 2.05) is 0 Å². The number of nitrogens with two attached hydrogens (primary N) is 2. The zero-order chi connectivity index (χ0) is 16.1. The number of aryl methyl sites for hydroxylation is 2. The van der Waals surface area contributed by atoms with Gasteiger partial charge in [-0.2, -0.15) is 0 Å². The van der Waals surface area contributed by atoms with Crippen molar-refractivity contribution < 1.29 is 9.59 Å². The third-order valence-corrected chi connectivity index (χ3v) is 4.01. The minimum atomic E-state index is -0.275. The molecule has 0 aliphatic carbocycles. The highest BCUT2D eigenvalue weighted by atomic mass is 16.1. The van der Waals surface area contributed by atoms with Crippen LogP contribution in [0.3, 0.4) is 0 Å². The third-order valence-electron chi connectivity index (χ3n) is 4.01. The van der Waals surface area contributed by atoms with E-state index in [4.69, 9.17) is 11.5 Å². The Labute approximate surface area is 131 Å². The molecule has 120 valence electrons. The zero-order valence-corrected chi connectivity index (χ0v) is 13.0. The van der Waals surface area contributed by atoms with Crippen molar-refractivity contribution in [2.45, 2.75) is 19.8 Å². The molecule has 2 amide bonds. The van der Waals surface area contributed by atoms with E-state index in [0.29, 0.717) is 19.4 Å². The topological polar surface area (TPSA) is 92.7 Å². The molecule has 6 nitrogen and oxygen atoms in total. The number of amides is 2. The molecular weight excluding hydrogens is 280 g/mol. The molecule has 22 heavy (non-hydrogen) atoms. The lowest BCUT2D eigenvalue weighted by Crippen LogP contribution is -2.49. The van der Waals surface area contributed by atoms with Crippen LogP contribution in [-0.4, -0.2) is 49.4 Å². The van der Waals surface area contributed by atoms with E-state index in [0.717, 1.165) is 31.7 Å². The molecule has 1 fully saturated rings. The van der Waals surface area contributed by atoms with Crippen molar-refractivity contribution in [2.75, 3.05) is 37.6 Å². The van der Waals surface area contributed by atoms with Gasteiger partial charge in [0, 0.05) is 38.3 Å². The number of carbonyl (C=O) groups is 2. The number of piperazine rings is 1.